The number of rotatable bonds is 3. The molecule has 3 aliphatic heterocycles. The monoisotopic (exact) mass is 691 g/mol. The lowest BCUT2D eigenvalue weighted by molar-refractivity contribution is 1.17. The average Bonchev–Trinajstić information content (AvgIpc) is 3.53. The molecule has 0 radical (unpaired) electrons. The molecule has 0 atom stereocenters. The van der Waals surface area contributed by atoms with Crippen molar-refractivity contribution in [3.8, 4) is 16.8 Å². The van der Waals surface area contributed by atoms with Crippen LogP contribution in [0.1, 0.15) is 0 Å². The zero-order valence-electron chi connectivity index (χ0n) is 29.6. The molecule has 3 nitrogen and oxygen atoms in total. The first kappa shape index (κ1) is 29.3. The summed E-state index contributed by atoms with van der Waals surface area (Å²) in [4.78, 5) is 5.16. The normalized spacial score (nSPS) is 14.3. The van der Waals surface area contributed by atoms with Crippen LogP contribution in [0.2, 0.25) is 13.1 Å². The molecule has 5 heteroatoms. The molecule has 3 aliphatic rings. The largest absolute Gasteiger partial charge is 0.377 e. The average molecular weight is 692 g/mol. The number of fused-ring (bicyclic) bond motifs is 10. The fourth-order valence-corrected chi connectivity index (χ4v) is 13.0. The van der Waals surface area contributed by atoms with E-state index in [-0.39, 0.29) is 6.85 Å². The summed E-state index contributed by atoms with van der Waals surface area (Å²) < 4.78 is 2.60. The molecular formula is C48H34BN3Si. The Balaban J connectivity index is 1.27. The maximum atomic E-state index is 2.72. The van der Waals surface area contributed by atoms with Crippen molar-refractivity contribution in [3.63, 3.8) is 0 Å². The van der Waals surface area contributed by atoms with E-state index in [1.807, 2.05) is 0 Å². The number of hydrogen-bond acceptors (Lipinski definition) is 2. The summed E-state index contributed by atoms with van der Waals surface area (Å²) >= 11 is 0. The number of benzene rings is 8. The third kappa shape index (κ3) is 3.79. The molecule has 0 unspecified atom stereocenters. The highest BCUT2D eigenvalue weighted by Crippen LogP contribution is 2.48. The van der Waals surface area contributed by atoms with E-state index >= 15 is 0 Å². The molecule has 0 aliphatic carbocycles. The van der Waals surface area contributed by atoms with Gasteiger partial charge in [0.2, 0.25) is 0 Å². The van der Waals surface area contributed by atoms with Gasteiger partial charge in [0, 0.05) is 50.5 Å². The second-order valence-corrected chi connectivity index (χ2v) is 19.7. The van der Waals surface area contributed by atoms with Gasteiger partial charge in [-0.2, -0.15) is 0 Å². The van der Waals surface area contributed by atoms with E-state index < -0.39 is 8.07 Å². The van der Waals surface area contributed by atoms with Crippen LogP contribution in [-0.2, 0) is 0 Å². The number of hydrogen-bond donors (Lipinski definition) is 0. The van der Waals surface area contributed by atoms with Crippen LogP contribution in [0.4, 0.5) is 28.4 Å². The fraction of sp³-hybridized carbons (Fsp3) is 0.0417. The lowest BCUT2D eigenvalue weighted by Gasteiger charge is -2.49. The first-order valence-electron chi connectivity index (χ1n) is 18.6. The molecule has 0 fully saturated rings. The van der Waals surface area contributed by atoms with Gasteiger partial charge in [-0.15, -0.1) is 0 Å². The Morgan fingerprint density at radius 1 is 0.509 bits per heavy atom. The summed E-state index contributed by atoms with van der Waals surface area (Å²) in [6.07, 6.45) is 0. The van der Waals surface area contributed by atoms with Gasteiger partial charge < -0.3 is 14.3 Å². The fourth-order valence-electron chi connectivity index (χ4n) is 9.99. The molecule has 0 N–H and O–H groups in total. The van der Waals surface area contributed by atoms with Crippen LogP contribution < -0.4 is 31.0 Å². The minimum Gasteiger partial charge on any atom is -0.377 e. The van der Waals surface area contributed by atoms with E-state index in [1.165, 1.54) is 82.1 Å². The third-order valence-corrected chi connectivity index (χ3v) is 15.8. The lowest BCUT2D eigenvalue weighted by Crippen LogP contribution is -2.68. The maximum Gasteiger partial charge on any atom is 0.333 e. The molecular weight excluding hydrogens is 657 g/mol. The van der Waals surface area contributed by atoms with Crippen molar-refractivity contribution in [1.29, 1.82) is 0 Å². The van der Waals surface area contributed by atoms with Crippen LogP contribution in [0.5, 0.6) is 0 Å². The molecule has 0 bridgehead atoms. The van der Waals surface area contributed by atoms with Crippen LogP contribution in [-0.4, -0.2) is 19.5 Å². The second-order valence-electron chi connectivity index (χ2n) is 15.3. The Bertz CT molecular complexity index is 2960. The lowest BCUT2D eigenvalue weighted by atomic mass is 9.44. The molecule has 0 amide bonds. The number of para-hydroxylation sites is 5. The summed E-state index contributed by atoms with van der Waals surface area (Å²) in [5.41, 5.74) is 15.4. The van der Waals surface area contributed by atoms with Gasteiger partial charge in [0.05, 0.1) is 11.0 Å². The SMILES string of the molecule is C[Si]1(C)c2ccccc2N2B3c4c(cc(N(c5ccccc5)c5ccccc5)cc4-n4c5cc6ccccc6cc5c5cccc3c54)-c3cccc1c32. The van der Waals surface area contributed by atoms with Gasteiger partial charge in [-0.25, -0.2) is 0 Å². The summed E-state index contributed by atoms with van der Waals surface area (Å²) in [6, 6.07) is 63.7. The van der Waals surface area contributed by atoms with E-state index in [1.54, 1.807) is 0 Å². The first-order valence-corrected chi connectivity index (χ1v) is 21.6. The molecule has 0 saturated heterocycles. The molecule has 12 rings (SSSR count). The topological polar surface area (TPSA) is 11.4 Å². The van der Waals surface area contributed by atoms with Crippen LogP contribution >= 0.6 is 0 Å². The molecule has 8 aromatic carbocycles. The second kappa shape index (κ2) is 10.4. The van der Waals surface area contributed by atoms with Crippen molar-refractivity contribution < 1.29 is 0 Å². The number of nitrogens with zero attached hydrogens (tertiary/aromatic N) is 3. The summed E-state index contributed by atoms with van der Waals surface area (Å²) in [5, 5.41) is 8.16. The van der Waals surface area contributed by atoms with Crippen molar-refractivity contribution in [1.82, 2.24) is 4.57 Å². The summed E-state index contributed by atoms with van der Waals surface area (Å²) in [7, 11) is -2.03. The van der Waals surface area contributed by atoms with E-state index in [4.69, 9.17) is 0 Å². The summed E-state index contributed by atoms with van der Waals surface area (Å²) in [6.45, 7) is 5.09. The molecule has 1 aromatic heterocycles. The minimum absolute atomic E-state index is 0.0192. The van der Waals surface area contributed by atoms with Crippen molar-refractivity contribution in [3.05, 3.63) is 170 Å². The van der Waals surface area contributed by atoms with E-state index in [0.29, 0.717) is 0 Å². The molecule has 53 heavy (non-hydrogen) atoms. The highest BCUT2D eigenvalue weighted by molar-refractivity contribution is 7.05. The predicted octanol–water partition coefficient (Wildman–Crippen LogP) is 9.78. The van der Waals surface area contributed by atoms with Gasteiger partial charge in [-0.3, -0.25) is 0 Å². The Labute approximate surface area is 310 Å². The van der Waals surface area contributed by atoms with Gasteiger partial charge in [0.1, 0.15) is 8.07 Å². The predicted molar refractivity (Wildman–Crippen MR) is 229 cm³/mol. The van der Waals surface area contributed by atoms with Gasteiger partial charge in [-0.1, -0.05) is 128 Å². The van der Waals surface area contributed by atoms with Crippen molar-refractivity contribution >= 4 is 97.2 Å². The highest BCUT2D eigenvalue weighted by atomic mass is 28.3. The zero-order valence-corrected chi connectivity index (χ0v) is 30.6. The van der Waals surface area contributed by atoms with Crippen LogP contribution in [0, 0.1) is 0 Å². The number of anilines is 5. The third-order valence-electron chi connectivity index (χ3n) is 12.3. The van der Waals surface area contributed by atoms with Gasteiger partial charge in [0.25, 0.3) is 0 Å². The maximum absolute atomic E-state index is 2.72. The molecule has 4 heterocycles. The van der Waals surface area contributed by atoms with Gasteiger partial charge in [0.15, 0.2) is 0 Å². The van der Waals surface area contributed by atoms with Crippen LogP contribution in [0.25, 0.3) is 49.4 Å². The molecule has 0 saturated carbocycles. The Morgan fingerprint density at radius 2 is 1.17 bits per heavy atom. The quantitative estimate of drug-likeness (QED) is 0.171. The van der Waals surface area contributed by atoms with E-state index in [2.05, 4.69) is 197 Å². The standard InChI is InChI=1S/C48H34BN3Si/c1-53(2)44-25-12-11-24-41(44)52-48-37(22-14-26-45(48)53)39-29-35(50(33-17-5-3-6-18-33)34-19-7-4-8-20-34)30-43-46(39)49(52)40-23-13-21-36-38-27-31-15-9-10-16-32(31)28-42(38)51(43)47(36)40/h3-30H,1-2H3. The van der Waals surface area contributed by atoms with Gasteiger partial charge in [-0.05, 0) is 92.2 Å². The van der Waals surface area contributed by atoms with Crippen molar-refractivity contribution in [2.45, 2.75) is 13.1 Å². The van der Waals surface area contributed by atoms with Crippen LogP contribution in [0.15, 0.2) is 170 Å². The molecule has 0 spiro atoms. The van der Waals surface area contributed by atoms with E-state index in [9.17, 15) is 0 Å². The highest BCUT2D eigenvalue weighted by Gasteiger charge is 2.49. The Morgan fingerprint density at radius 3 is 1.94 bits per heavy atom. The number of aromatic nitrogens is 1. The first-order chi connectivity index (χ1) is 26.1. The van der Waals surface area contributed by atoms with Crippen LogP contribution in [0.3, 0.4) is 0 Å². The Kier molecular flexibility index (Phi) is 5.75. The molecule has 9 aromatic rings. The summed E-state index contributed by atoms with van der Waals surface area (Å²) in [5.74, 6) is 0. The molecule has 248 valence electrons. The van der Waals surface area contributed by atoms with Crippen molar-refractivity contribution in [2.75, 3.05) is 9.71 Å². The van der Waals surface area contributed by atoms with E-state index in [0.717, 1.165) is 17.1 Å². The minimum atomic E-state index is -2.03. The van der Waals surface area contributed by atoms with Crippen molar-refractivity contribution in [2.24, 2.45) is 0 Å². The Hall–Kier alpha value is -6.30. The smallest absolute Gasteiger partial charge is 0.333 e. The zero-order chi connectivity index (χ0) is 35.0. The van der Waals surface area contributed by atoms with Gasteiger partial charge >= 0.3 is 6.85 Å².